The summed E-state index contributed by atoms with van der Waals surface area (Å²) in [5.74, 6) is 1.06. The van der Waals surface area contributed by atoms with Crippen LogP contribution in [-0.4, -0.2) is 84.3 Å². The molecule has 1 unspecified atom stereocenters. The number of hydrogen-bond acceptors (Lipinski definition) is 5. The second-order valence-corrected chi connectivity index (χ2v) is 11.7. The summed E-state index contributed by atoms with van der Waals surface area (Å²) >= 11 is 0. The summed E-state index contributed by atoms with van der Waals surface area (Å²) in [5.41, 5.74) is 0. The molecule has 4 aliphatic heterocycles. The van der Waals surface area contributed by atoms with Gasteiger partial charge >= 0.3 is 15.3 Å². The Bertz CT molecular complexity index is 773. The van der Waals surface area contributed by atoms with Crippen molar-refractivity contribution in [2.24, 2.45) is 0 Å². The van der Waals surface area contributed by atoms with E-state index in [0.29, 0.717) is 37.8 Å². The predicted molar refractivity (Wildman–Crippen MR) is 100 cm³/mol. The van der Waals surface area contributed by atoms with Gasteiger partial charge in [0.1, 0.15) is 11.5 Å². The molecule has 0 N–H and O–H groups in total. The third-order valence-electron chi connectivity index (χ3n) is 4.96. The van der Waals surface area contributed by atoms with Gasteiger partial charge < -0.3 is 13.8 Å². The third kappa shape index (κ3) is 3.70. The summed E-state index contributed by atoms with van der Waals surface area (Å²) in [4.78, 5) is 0. The van der Waals surface area contributed by atoms with E-state index in [4.69, 9.17) is 13.8 Å². The molecule has 1 aromatic carbocycles. The van der Waals surface area contributed by atoms with E-state index >= 15 is 0 Å². The van der Waals surface area contributed by atoms with Crippen LogP contribution >= 0.6 is 15.3 Å². The molecule has 0 aliphatic carbocycles. The van der Waals surface area contributed by atoms with Gasteiger partial charge in [0.2, 0.25) is 0 Å². The molecule has 4 fully saturated rings. The molecule has 148 valence electrons. The third-order valence-corrected chi connectivity index (χ3v) is 10.3. The smallest absolute Gasteiger partial charge is 0.395 e. The first-order valence-electron chi connectivity index (χ1n) is 9.37. The van der Waals surface area contributed by atoms with Crippen molar-refractivity contribution in [1.82, 2.24) is 18.7 Å². The second kappa shape index (κ2) is 6.85. The van der Waals surface area contributed by atoms with Crippen molar-refractivity contribution in [1.29, 1.82) is 0 Å². The van der Waals surface area contributed by atoms with Crippen molar-refractivity contribution in [3.63, 3.8) is 0 Å². The number of nitrogens with zero attached hydrogens (tertiary/aromatic N) is 4. The Hall–Kier alpha value is -0.920. The Morgan fingerprint density at radius 3 is 1.30 bits per heavy atom. The molecule has 5 rings (SSSR count). The fourth-order valence-corrected chi connectivity index (χ4v) is 7.55. The van der Waals surface area contributed by atoms with Gasteiger partial charge in [-0.1, -0.05) is 0 Å². The zero-order valence-electron chi connectivity index (χ0n) is 15.1. The van der Waals surface area contributed by atoms with Crippen molar-refractivity contribution >= 4 is 15.3 Å². The maximum Gasteiger partial charge on any atom is 0.395 e. The van der Waals surface area contributed by atoms with E-state index in [-0.39, 0.29) is 0 Å². The molecule has 0 saturated carbocycles. The first kappa shape index (κ1) is 18.1. The Morgan fingerprint density at radius 2 is 0.963 bits per heavy atom. The molecule has 1 atom stereocenters. The van der Waals surface area contributed by atoms with Crippen LogP contribution in [0.2, 0.25) is 0 Å². The quantitative estimate of drug-likeness (QED) is 0.469. The van der Waals surface area contributed by atoms with Gasteiger partial charge in [-0.3, -0.25) is 0 Å². The molecule has 0 spiro atoms. The van der Waals surface area contributed by atoms with Gasteiger partial charge in [0.05, 0.1) is 13.2 Å². The lowest BCUT2D eigenvalue weighted by Crippen LogP contribution is -2.37. The number of hydrogen-bond donors (Lipinski definition) is 0. The topological polar surface area (TPSA) is 74.1 Å². The van der Waals surface area contributed by atoms with Crippen LogP contribution in [0.3, 0.4) is 0 Å². The van der Waals surface area contributed by atoms with Gasteiger partial charge in [0, 0.05) is 52.4 Å². The second-order valence-electron chi connectivity index (χ2n) is 7.06. The van der Waals surface area contributed by atoms with Gasteiger partial charge in [-0.25, -0.2) is 27.8 Å². The highest BCUT2D eigenvalue weighted by atomic mass is 31.2. The SMILES string of the molecule is O=P(Oc1ccc(OP(=O)(N2CC2)N2CC2)cc1)(N1CCOCC1)N1CC1. The Kier molecular flexibility index (Phi) is 4.60. The Balaban J connectivity index is 1.29. The lowest BCUT2D eigenvalue weighted by molar-refractivity contribution is 0.0660. The van der Waals surface area contributed by atoms with Crippen molar-refractivity contribution < 1.29 is 22.9 Å². The summed E-state index contributed by atoms with van der Waals surface area (Å²) < 4.78 is 51.3. The maximum absolute atomic E-state index is 13.5. The Labute approximate surface area is 158 Å². The standard InChI is InChI=1S/C16H24N4O5P2/c21-26(17-5-6-17,18-7-8-18)24-15-1-3-16(4-2-15)25-27(22,19-9-10-19)20-11-13-23-14-12-20/h1-4H,5-14H2. The number of morpholine rings is 1. The highest BCUT2D eigenvalue weighted by molar-refractivity contribution is 7.55. The Morgan fingerprint density at radius 1 is 0.630 bits per heavy atom. The summed E-state index contributed by atoms with van der Waals surface area (Å²) in [6.07, 6.45) is 0. The fourth-order valence-electron chi connectivity index (χ4n) is 3.12. The normalized spacial score (nSPS) is 26.4. The molecule has 27 heavy (non-hydrogen) atoms. The van der Waals surface area contributed by atoms with Crippen molar-refractivity contribution in [2.45, 2.75) is 0 Å². The van der Waals surface area contributed by atoms with E-state index in [1.165, 1.54) is 0 Å². The zero-order valence-corrected chi connectivity index (χ0v) is 16.9. The van der Waals surface area contributed by atoms with E-state index in [0.717, 1.165) is 39.3 Å². The van der Waals surface area contributed by atoms with Gasteiger partial charge in [0.15, 0.2) is 0 Å². The van der Waals surface area contributed by atoms with E-state index in [1.54, 1.807) is 24.3 Å². The molecule has 0 bridgehead atoms. The van der Waals surface area contributed by atoms with E-state index in [2.05, 4.69) is 0 Å². The molecular formula is C16H24N4O5P2. The minimum absolute atomic E-state index is 0.525. The molecule has 0 amide bonds. The minimum Gasteiger partial charge on any atom is -0.422 e. The van der Waals surface area contributed by atoms with Gasteiger partial charge in [-0.15, -0.1) is 0 Å². The maximum atomic E-state index is 13.5. The van der Waals surface area contributed by atoms with Crippen LogP contribution in [0.15, 0.2) is 24.3 Å². The number of rotatable bonds is 8. The lowest BCUT2D eigenvalue weighted by Gasteiger charge is -2.33. The van der Waals surface area contributed by atoms with Crippen molar-refractivity contribution in [3.8, 4) is 11.5 Å². The lowest BCUT2D eigenvalue weighted by atomic mass is 10.3. The molecule has 4 heterocycles. The number of benzene rings is 1. The van der Waals surface area contributed by atoms with Crippen LogP contribution in [0.25, 0.3) is 0 Å². The van der Waals surface area contributed by atoms with Crippen molar-refractivity contribution in [3.05, 3.63) is 24.3 Å². The van der Waals surface area contributed by atoms with Gasteiger partial charge in [0.25, 0.3) is 0 Å². The van der Waals surface area contributed by atoms with Crippen LogP contribution in [0.1, 0.15) is 0 Å². The van der Waals surface area contributed by atoms with Crippen LogP contribution in [0.4, 0.5) is 0 Å². The first-order valence-corrected chi connectivity index (χ1v) is 12.4. The van der Waals surface area contributed by atoms with Crippen LogP contribution < -0.4 is 9.05 Å². The molecule has 11 heteroatoms. The van der Waals surface area contributed by atoms with Gasteiger partial charge in [-0.2, -0.15) is 0 Å². The minimum atomic E-state index is -3.07. The van der Waals surface area contributed by atoms with E-state index in [9.17, 15) is 9.13 Å². The van der Waals surface area contributed by atoms with Crippen LogP contribution in [0.5, 0.6) is 11.5 Å². The first-order chi connectivity index (χ1) is 13.1. The highest BCUT2D eigenvalue weighted by Crippen LogP contribution is 2.61. The van der Waals surface area contributed by atoms with Crippen LogP contribution in [-0.2, 0) is 13.9 Å². The average molecular weight is 414 g/mol. The van der Waals surface area contributed by atoms with E-state index in [1.807, 2.05) is 18.7 Å². The molecule has 4 saturated heterocycles. The van der Waals surface area contributed by atoms with Crippen LogP contribution in [0, 0.1) is 0 Å². The monoisotopic (exact) mass is 414 g/mol. The molecule has 4 aliphatic rings. The molecule has 9 nitrogen and oxygen atoms in total. The summed E-state index contributed by atoms with van der Waals surface area (Å²) in [6.45, 7) is 7.15. The van der Waals surface area contributed by atoms with E-state index < -0.39 is 15.3 Å². The van der Waals surface area contributed by atoms with Gasteiger partial charge in [-0.05, 0) is 24.3 Å². The average Bonchev–Trinajstić information content (AvgIpc) is 3.51. The molecular weight excluding hydrogens is 390 g/mol. The fraction of sp³-hybridized carbons (Fsp3) is 0.625. The molecule has 1 aromatic rings. The number of ether oxygens (including phenoxy) is 1. The molecule has 0 aromatic heterocycles. The summed E-state index contributed by atoms with van der Waals surface area (Å²) in [5, 5.41) is 0. The molecule has 0 radical (unpaired) electrons. The largest absolute Gasteiger partial charge is 0.422 e. The summed E-state index contributed by atoms with van der Waals surface area (Å²) in [7, 11) is -5.98. The summed E-state index contributed by atoms with van der Waals surface area (Å²) in [6, 6.07) is 6.95. The highest BCUT2D eigenvalue weighted by Gasteiger charge is 2.50. The van der Waals surface area contributed by atoms with Crippen molar-refractivity contribution in [2.75, 3.05) is 65.6 Å². The predicted octanol–water partition coefficient (Wildman–Crippen LogP) is 1.94. The zero-order chi connectivity index (χ0) is 18.5.